The second-order valence-electron chi connectivity index (χ2n) is 4.08. The lowest BCUT2D eigenvalue weighted by Gasteiger charge is -2.22. The van der Waals surface area contributed by atoms with Crippen molar-refractivity contribution in [3.63, 3.8) is 0 Å². The molecule has 0 bridgehead atoms. The summed E-state index contributed by atoms with van der Waals surface area (Å²) < 4.78 is 5.87. The molecule has 0 atom stereocenters. The van der Waals surface area contributed by atoms with Crippen molar-refractivity contribution in [1.82, 2.24) is 0 Å². The lowest BCUT2D eigenvalue weighted by molar-refractivity contribution is 0.100. The maximum Gasteiger partial charge on any atom is 0.176 e. The minimum atomic E-state index is -0.0365. The van der Waals surface area contributed by atoms with Crippen molar-refractivity contribution in [3.05, 3.63) is 29.8 Å². The second-order valence-corrected chi connectivity index (χ2v) is 5.31. The van der Waals surface area contributed by atoms with E-state index >= 15 is 0 Å². The number of carbonyl (C=O) groups is 1. The maximum atomic E-state index is 11.3. The van der Waals surface area contributed by atoms with Crippen molar-refractivity contribution >= 4 is 17.5 Å². The van der Waals surface area contributed by atoms with Crippen LogP contribution in [0.5, 0.6) is 5.75 Å². The van der Waals surface area contributed by atoms with Crippen molar-refractivity contribution in [2.24, 2.45) is 5.73 Å². The van der Waals surface area contributed by atoms with Gasteiger partial charge in [-0.3, -0.25) is 4.79 Å². The average Bonchev–Trinajstić information content (AvgIpc) is 2.40. The Balaban J connectivity index is 1.95. The molecule has 2 rings (SSSR count). The van der Waals surface area contributed by atoms with Crippen LogP contribution in [-0.2, 0) is 0 Å². The molecule has 0 radical (unpaired) electrons. The molecular formula is C13H17NO2S. The van der Waals surface area contributed by atoms with Crippen LogP contribution in [0.15, 0.2) is 24.3 Å². The van der Waals surface area contributed by atoms with Crippen LogP contribution in [0, 0.1) is 0 Å². The molecule has 0 aromatic heterocycles. The Bertz CT molecular complexity index is 372. The van der Waals surface area contributed by atoms with Crippen molar-refractivity contribution < 1.29 is 9.53 Å². The Labute approximate surface area is 106 Å². The zero-order chi connectivity index (χ0) is 12.1. The first-order valence-corrected chi connectivity index (χ1v) is 7.03. The number of benzene rings is 1. The number of Topliss-reactive ketones (excluding diaryl/α,β-unsaturated/α-hetero) is 1. The highest BCUT2D eigenvalue weighted by molar-refractivity contribution is 7.99. The molecule has 1 fully saturated rings. The first-order valence-electron chi connectivity index (χ1n) is 5.87. The van der Waals surface area contributed by atoms with Crippen LogP contribution in [-0.4, -0.2) is 29.9 Å². The van der Waals surface area contributed by atoms with E-state index in [-0.39, 0.29) is 12.3 Å². The minimum Gasteiger partial charge on any atom is -0.490 e. The van der Waals surface area contributed by atoms with Crippen LogP contribution in [0.1, 0.15) is 23.2 Å². The van der Waals surface area contributed by atoms with E-state index in [2.05, 4.69) is 0 Å². The molecule has 1 aromatic rings. The van der Waals surface area contributed by atoms with Gasteiger partial charge in [-0.15, -0.1) is 0 Å². The van der Waals surface area contributed by atoms with Gasteiger partial charge in [-0.2, -0.15) is 11.8 Å². The summed E-state index contributed by atoms with van der Waals surface area (Å²) in [4.78, 5) is 11.3. The predicted molar refractivity (Wildman–Crippen MR) is 70.8 cm³/mol. The zero-order valence-electron chi connectivity index (χ0n) is 9.72. The largest absolute Gasteiger partial charge is 0.490 e. The number of thioether (sulfide) groups is 1. The van der Waals surface area contributed by atoms with Crippen LogP contribution >= 0.6 is 11.8 Å². The molecule has 4 heteroatoms. The molecule has 0 spiro atoms. The van der Waals surface area contributed by atoms with Crippen molar-refractivity contribution in [3.8, 4) is 5.75 Å². The summed E-state index contributed by atoms with van der Waals surface area (Å²) in [6.45, 7) is 0.0556. The van der Waals surface area contributed by atoms with E-state index in [1.165, 1.54) is 11.5 Å². The third-order valence-corrected chi connectivity index (χ3v) is 3.88. The lowest BCUT2D eigenvalue weighted by Crippen LogP contribution is -2.22. The van der Waals surface area contributed by atoms with Crippen molar-refractivity contribution in [1.29, 1.82) is 0 Å². The Morgan fingerprint density at radius 3 is 2.53 bits per heavy atom. The summed E-state index contributed by atoms with van der Waals surface area (Å²) in [6, 6.07) is 7.26. The molecule has 3 nitrogen and oxygen atoms in total. The van der Waals surface area contributed by atoms with E-state index in [1.54, 1.807) is 12.1 Å². The minimum absolute atomic E-state index is 0.0365. The van der Waals surface area contributed by atoms with Gasteiger partial charge in [0.15, 0.2) is 5.78 Å². The van der Waals surface area contributed by atoms with Gasteiger partial charge in [0, 0.05) is 5.56 Å². The van der Waals surface area contributed by atoms with Gasteiger partial charge in [-0.25, -0.2) is 0 Å². The van der Waals surface area contributed by atoms with E-state index < -0.39 is 0 Å². The van der Waals surface area contributed by atoms with Crippen molar-refractivity contribution in [2.45, 2.75) is 18.9 Å². The summed E-state index contributed by atoms with van der Waals surface area (Å²) >= 11 is 1.98. The Kier molecular flexibility index (Phi) is 4.45. The van der Waals surface area contributed by atoms with E-state index in [9.17, 15) is 4.79 Å². The third-order valence-electron chi connectivity index (χ3n) is 2.83. The van der Waals surface area contributed by atoms with Gasteiger partial charge < -0.3 is 10.5 Å². The number of hydrogen-bond donors (Lipinski definition) is 1. The molecule has 0 unspecified atom stereocenters. The van der Waals surface area contributed by atoms with Crippen LogP contribution in [0.2, 0.25) is 0 Å². The molecule has 17 heavy (non-hydrogen) atoms. The zero-order valence-corrected chi connectivity index (χ0v) is 10.5. The second kappa shape index (κ2) is 6.07. The predicted octanol–water partition coefficient (Wildman–Crippen LogP) is 2.10. The van der Waals surface area contributed by atoms with Gasteiger partial charge in [-0.1, -0.05) is 0 Å². The fourth-order valence-corrected chi connectivity index (χ4v) is 2.89. The third kappa shape index (κ3) is 3.48. The summed E-state index contributed by atoms with van der Waals surface area (Å²) in [5, 5.41) is 0. The molecule has 92 valence electrons. The average molecular weight is 251 g/mol. The molecule has 0 amide bonds. The van der Waals surface area contributed by atoms with Crippen LogP contribution < -0.4 is 10.5 Å². The fraction of sp³-hybridized carbons (Fsp3) is 0.462. The lowest BCUT2D eigenvalue weighted by atomic mass is 10.1. The summed E-state index contributed by atoms with van der Waals surface area (Å²) in [6.07, 6.45) is 2.54. The molecule has 2 N–H and O–H groups in total. The smallest absolute Gasteiger partial charge is 0.176 e. The molecule has 1 heterocycles. The molecular weight excluding hydrogens is 234 g/mol. The van der Waals surface area contributed by atoms with Gasteiger partial charge in [0.25, 0.3) is 0 Å². The number of rotatable bonds is 4. The highest BCUT2D eigenvalue weighted by atomic mass is 32.2. The fourth-order valence-electron chi connectivity index (χ4n) is 1.82. The summed E-state index contributed by atoms with van der Waals surface area (Å²) in [5.74, 6) is 3.16. The Morgan fingerprint density at radius 1 is 1.29 bits per heavy atom. The van der Waals surface area contributed by atoms with Gasteiger partial charge in [0.05, 0.1) is 6.54 Å². The molecule has 1 saturated heterocycles. The van der Waals surface area contributed by atoms with E-state index in [1.807, 2.05) is 23.9 Å². The number of carbonyl (C=O) groups excluding carboxylic acids is 1. The Morgan fingerprint density at radius 2 is 1.94 bits per heavy atom. The topological polar surface area (TPSA) is 52.3 Å². The van der Waals surface area contributed by atoms with Crippen molar-refractivity contribution in [2.75, 3.05) is 18.1 Å². The highest BCUT2D eigenvalue weighted by Gasteiger charge is 2.15. The standard InChI is InChI=1S/C13H17NO2S/c14-9-13(15)10-1-3-11(4-2-10)16-12-5-7-17-8-6-12/h1-4,12H,5-9,14H2. The van der Waals surface area contributed by atoms with E-state index in [0.717, 1.165) is 18.6 Å². The van der Waals surface area contributed by atoms with Gasteiger partial charge >= 0.3 is 0 Å². The van der Waals surface area contributed by atoms with Crippen LogP contribution in [0.4, 0.5) is 0 Å². The molecule has 1 aromatic carbocycles. The van der Waals surface area contributed by atoms with Crippen LogP contribution in [0.3, 0.4) is 0 Å². The van der Waals surface area contributed by atoms with Gasteiger partial charge in [-0.05, 0) is 48.6 Å². The molecule has 1 aliphatic rings. The summed E-state index contributed by atoms with van der Waals surface area (Å²) in [7, 11) is 0. The van der Waals surface area contributed by atoms with Crippen LogP contribution in [0.25, 0.3) is 0 Å². The SMILES string of the molecule is NCC(=O)c1ccc(OC2CCSCC2)cc1. The number of ether oxygens (including phenoxy) is 1. The number of hydrogen-bond acceptors (Lipinski definition) is 4. The van der Waals surface area contributed by atoms with Gasteiger partial charge in [0.1, 0.15) is 11.9 Å². The molecule has 0 aliphatic carbocycles. The molecule has 0 saturated carbocycles. The maximum absolute atomic E-state index is 11.3. The first kappa shape index (κ1) is 12.5. The van der Waals surface area contributed by atoms with E-state index in [0.29, 0.717) is 11.7 Å². The molecule has 1 aliphatic heterocycles. The highest BCUT2D eigenvalue weighted by Crippen LogP contribution is 2.22. The quantitative estimate of drug-likeness (QED) is 0.833. The number of ketones is 1. The summed E-state index contributed by atoms with van der Waals surface area (Å²) in [5.41, 5.74) is 5.96. The van der Waals surface area contributed by atoms with Gasteiger partial charge in [0.2, 0.25) is 0 Å². The monoisotopic (exact) mass is 251 g/mol. The number of nitrogens with two attached hydrogens (primary N) is 1. The Hall–Kier alpha value is -1.00. The normalized spacial score (nSPS) is 16.8. The first-order chi connectivity index (χ1) is 8.29. The van der Waals surface area contributed by atoms with E-state index in [4.69, 9.17) is 10.5 Å².